The summed E-state index contributed by atoms with van der Waals surface area (Å²) in [5, 5.41) is 0. The molecule has 0 amide bonds. The van der Waals surface area contributed by atoms with Crippen LogP contribution >= 0.6 is 12.6 Å². The summed E-state index contributed by atoms with van der Waals surface area (Å²) in [4.78, 5) is 2.26. The van der Waals surface area contributed by atoms with Crippen LogP contribution in [0, 0.1) is 13.8 Å². The molecule has 0 N–H and O–H groups in total. The standard InChI is InChI=1S/C13H21NOS/c1-10-8-12(14(3)6-5-7-16)9-11(2)13(10)15-4/h8-9,16H,5-7H2,1-4H3. The van der Waals surface area contributed by atoms with E-state index in [9.17, 15) is 0 Å². The van der Waals surface area contributed by atoms with Crippen molar-refractivity contribution in [3.05, 3.63) is 23.3 Å². The van der Waals surface area contributed by atoms with Crippen molar-refractivity contribution < 1.29 is 4.74 Å². The second-order valence-corrected chi connectivity index (χ2v) is 4.56. The summed E-state index contributed by atoms with van der Waals surface area (Å²) < 4.78 is 5.36. The molecule has 0 fully saturated rings. The van der Waals surface area contributed by atoms with Gasteiger partial charge in [-0.25, -0.2) is 0 Å². The first-order valence-corrected chi connectivity index (χ1v) is 6.20. The van der Waals surface area contributed by atoms with Crippen LogP contribution in [0.15, 0.2) is 12.1 Å². The lowest BCUT2D eigenvalue weighted by Crippen LogP contribution is -2.19. The number of methoxy groups -OCH3 is 1. The van der Waals surface area contributed by atoms with Crippen molar-refractivity contribution >= 4 is 18.3 Å². The van der Waals surface area contributed by atoms with Gasteiger partial charge in [0.15, 0.2) is 0 Å². The van der Waals surface area contributed by atoms with Crippen molar-refractivity contribution in [2.45, 2.75) is 20.3 Å². The van der Waals surface area contributed by atoms with Crippen LogP contribution in [0.5, 0.6) is 5.75 Å². The molecule has 16 heavy (non-hydrogen) atoms. The zero-order valence-corrected chi connectivity index (χ0v) is 11.5. The van der Waals surface area contributed by atoms with Gasteiger partial charge in [-0.2, -0.15) is 12.6 Å². The Labute approximate surface area is 104 Å². The summed E-state index contributed by atoms with van der Waals surface area (Å²) in [7, 11) is 3.84. The number of rotatable bonds is 5. The van der Waals surface area contributed by atoms with Crippen LogP contribution in [0.2, 0.25) is 0 Å². The van der Waals surface area contributed by atoms with E-state index in [2.05, 4.69) is 50.6 Å². The van der Waals surface area contributed by atoms with Gasteiger partial charge < -0.3 is 9.64 Å². The van der Waals surface area contributed by atoms with E-state index in [-0.39, 0.29) is 0 Å². The minimum atomic E-state index is 0.929. The molecule has 0 aliphatic heterocycles. The Morgan fingerprint density at radius 3 is 2.25 bits per heavy atom. The van der Waals surface area contributed by atoms with E-state index >= 15 is 0 Å². The van der Waals surface area contributed by atoms with Gasteiger partial charge in [0, 0.05) is 19.3 Å². The molecule has 0 spiro atoms. The largest absolute Gasteiger partial charge is 0.496 e. The summed E-state index contributed by atoms with van der Waals surface area (Å²) in [6.45, 7) is 5.21. The monoisotopic (exact) mass is 239 g/mol. The molecule has 0 saturated heterocycles. The number of ether oxygens (including phenoxy) is 1. The molecule has 1 aromatic rings. The Morgan fingerprint density at radius 2 is 1.81 bits per heavy atom. The Morgan fingerprint density at radius 1 is 1.25 bits per heavy atom. The number of aryl methyl sites for hydroxylation is 2. The third-order valence-corrected chi connectivity index (χ3v) is 3.06. The highest BCUT2D eigenvalue weighted by atomic mass is 32.1. The van der Waals surface area contributed by atoms with Crippen LogP contribution in [0.3, 0.4) is 0 Å². The van der Waals surface area contributed by atoms with Gasteiger partial charge in [-0.1, -0.05) is 0 Å². The SMILES string of the molecule is COc1c(C)cc(N(C)CCCS)cc1C. The lowest BCUT2D eigenvalue weighted by atomic mass is 10.1. The van der Waals surface area contributed by atoms with Crippen molar-refractivity contribution in [2.24, 2.45) is 0 Å². The number of hydrogen-bond donors (Lipinski definition) is 1. The summed E-state index contributed by atoms with van der Waals surface area (Å²) >= 11 is 4.23. The van der Waals surface area contributed by atoms with Gasteiger partial charge in [-0.3, -0.25) is 0 Å². The van der Waals surface area contributed by atoms with Crippen molar-refractivity contribution in [3.63, 3.8) is 0 Å². The van der Waals surface area contributed by atoms with Gasteiger partial charge in [0.1, 0.15) is 5.75 Å². The number of anilines is 1. The maximum absolute atomic E-state index is 5.36. The van der Waals surface area contributed by atoms with Crippen molar-refractivity contribution in [1.29, 1.82) is 0 Å². The van der Waals surface area contributed by atoms with Crippen LogP contribution in [0.4, 0.5) is 5.69 Å². The fraction of sp³-hybridized carbons (Fsp3) is 0.538. The quantitative estimate of drug-likeness (QED) is 0.793. The average Bonchev–Trinajstić information content (AvgIpc) is 2.25. The second-order valence-electron chi connectivity index (χ2n) is 4.11. The van der Waals surface area contributed by atoms with E-state index in [4.69, 9.17) is 4.74 Å². The van der Waals surface area contributed by atoms with Gasteiger partial charge in [-0.15, -0.1) is 0 Å². The molecular formula is C13H21NOS. The predicted octanol–water partition coefficient (Wildman–Crippen LogP) is 3.07. The molecule has 0 heterocycles. The van der Waals surface area contributed by atoms with Crippen LogP contribution in [-0.2, 0) is 0 Å². The van der Waals surface area contributed by atoms with E-state index in [1.807, 2.05) is 0 Å². The van der Waals surface area contributed by atoms with E-state index in [0.717, 1.165) is 24.5 Å². The molecule has 0 aliphatic rings. The molecule has 0 unspecified atom stereocenters. The fourth-order valence-electron chi connectivity index (χ4n) is 1.91. The Balaban J connectivity index is 2.90. The summed E-state index contributed by atoms with van der Waals surface area (Å²) in [5.41, 5.74) is 3.63. The first-order chi connectivity index (χ1) is 7.60. The number of hydrogen-bond acceptors (Lipinski definition) is 3. The van der Waals surface area contributed by atoms with E-state index in [0.29, 0.717) is 0 Å². The smallest absolute Gasteiger partial charge is 0.124 e. The zero-order chi connectivity index (χ0) is 12.1. The molecule has 1 rings (SSSR count). The molecule has 0 aliphatic carbocycles. The van der Waals surface area contributed by atoms with E-state index < -0.39 is 0 Å². The van der Waals surface area contributed by atoms with Crippen molar-refractivity contribution in [3.8, 4) is 5.75 Å². The fourth-order valence-corrected chi connectivity index (χ4v) is 2.05. The predicted molar refractivity (Wildman–Crippen MR) is 74.2 cm³/mol. The minimum Gasteiger partial charge on any atom is -0.496 e. The summed E-state index contributed by atoms with van der Waals surface area (Å²) in [6, 6.07) is 4.34. The third kappa shape index (κ3) is 3.08. The average molecular weight is 239 g/mol. The minimum absolute atomic E-state index is 0.929. The van der Waals surface area contributed by atoms with Gasteiger partial charge in [-0.05, 0) is 49.3 Å². The molecule has 3 heteroatoms. The number of benzene rings is 1. The molecular weight excluding hydrogens is 218 g/mol. The van der Waals surface area contributed by atoms with Gasteiger partial charge in [0.05, 0.1) is 7.11 Å². The molecule has 2 nitrogen and oxygen atoms in total. The molecule has 0 radical (unpaired) electrons. The first kappa shape index (κ1) is 13.2. The highest BCUT2D eigenvalue weighted by Crippen LogP contribution is 2.28. The summed E-state index contributed by atoms with van der Waals surface area (Å²) in [6.07, 6.45) is 1.10. The molecule has 0 saturated carbocycles. The van der Waals surface area contributed by atoms with Crippen molar-refractivity contribution in [2.75, 3.05) is 31.4 Å². The molecule has 0 aromatic heterocycles. The van der Waals surface area contributed by atoms with Gasteiger partial charge >= 0.3 is 0 Å². The van der Waals surface area contributed by atoms with Gasteiger partial charge in [0.25, 0.3) is 0 Å². The Kier molecular flexibility index (Phi) is 5.00. The summed E-state index contributed by atoms with van der Waals surface area (Å²) in [5.74, 6) is 1.92. The Bertz CT molecular complexity index is 329. The van der Waals surface area contributed by atoms with Crippen molar-refractivity contribution in [1.82, 2.24) is 0 Å². The zero-order valence-electron chi connectivity index (χ0n) is 10.6. The lowest BCUT2D eigenvalue weighted by Gasteiger charge is -2.21. The number of nitrogens with zero attached hydrogens (tertiary/aromatic N) is 1. The molecule has 0 atom stereocenters. The molecule has 90 valence electrons. The van der Waals surface area contributed by atoms with Crippen LogP contribution in [0.25, 0.3) is 0 Å². The highest BCUT2D eigenvalue weighted by molar-refractivity contribution is 7.80. The van der Waals surface area contributed by atoms with Crippen LogP contribution in [-0.4, -0.2) is 26.5 Å². The normalized spacial score (nSPS) is 10.3. The van der Waals surface area contributed by atoms with E-state index in [1.54, 1.807) is 7.11 Å². The lowest BCUT2D eigenvalue weighted by molar-refractivity contribution is 0.408. The molecule has 1 aromatic carbocycles. The maximum Gasteiger partial charge on any atom is 0.124 e. The van der Waals surface area contributed by atoms with Crippen LogP contribution in [0.1, 0.15) is 17.5 Å². The maximum atomic E-state index is 5.36. The van der Waals surface area contributed by atoms with Crippen LogP contribution < -0.4 is 9.64 Å². The van der Waals surface area contributed by atoms with Gasteiger partial charge in [0.2, 0.25) is 0 Å². The third-order valence-electron chi connectivity index (χ3n) is 2.74. The van der Waals surface area contributed by atoms with E-state index in [1.165, 1.54) is 16.8 Å². The first-order valence-electron chi connectivity index (χ1n) is 5.57. The molecule has 0 bridgehead atoms. The highest BCUT2D eigenvalue weighted by Gasteiger charge is 2.07. The second kappa shape index (κ2) is 6.04. The Hall–Kier alpha value is -0.830. The number of thiol groups is 1. The topological polar surface area (TPSA) is 12.5 Å².